The molecule has 0 saturated carbocycles. The molecule has 1 amide bonds. The molecule has 1 fully saturated rings. The topological polar surface area (TPSA) is 41.6 Å². The summed E-state index contributed by atoms with van der Waals surface area (Å²) in [5, 5.41) is 3.41. The van der Waals surface area contributed by atoms with Crippen molar-refractivity contribution < 1.29 is 9.53 Å². The Morgan fingerprint density at radius 1 is 1.19 bits per heavy atom. The average molecular weight is 290 g/mol. The molecule has 4 nitrogen and oxygen atoms in total. The molecule has 1 N–H and O–H groups in total. The largest absolute Gasteiger partial charge is 0.378 e. The Bertz CT molecular complexity index is 496. The van der Waals surface area contributed by atoms with Crippen molar-refractivity contribution in [3.63, 3.8) is 0 Å². The number of carbonyl (C=O) groups is 1. The van der Waals surface area contributed by atoms with Crippen LogP contribution in [-0.4, -0.2) is 43.2 Å². The molecule has 1 aliphatic rings. The molecule has 1 saturated heterocycles. The Labute approximate surface area is 127 Å². The maximum absolute atomic E-state index is 12.4. The highest BCUT2D eigenvalue weighted by Crippen LogP contribution is 2.17. The molecular formula is C17H26N2O2. The van der Waals surface area contributed by atoms with Gasteiger partial charge in [-0.3, -0.25) is 10.1 Å². The van der Waals surface area contributed by atoms with Gasteiger partial charge in [0.1, 0.15) is 0 Å². The second-order valence-electron chi connectivity index (χ2n) is 5.89. The second kappa shape index (κ2) is 7.05. The minimum absolute atomic E-state index is 0.157. The van der Waals surface area contributed by atoms with E-state index in [1.54, 1.807) is 0 Å². The third-order valence-corrected chi connectivity index (χ3v) is 4.22. The lowest BCUT2D eigenvalue weighted by atomic mass is 10.0. The zero-order chi connectivity index (χ0) is 15.4. The fraction of sp³-hybridized carbons (Fsp3) is 0.588. The summed E-state index contributed by atoms with van der Waals surface area (Å²) in [6.07, 6.45) is 0. The highest BCUT2D eigenvalue weighted by Gasteiger charge is 2.23. The third-order valence-electron chi connectivity index (χ3n) is 4.22. The number of amides is 1. The lowest BCUT2D eigenvalue weighted by molar-refractivity contribution is -0.137. The average Bonchev–Trinajstić information content (AvgIpc) is 2.50. The molecule has 1 heterocycles. The molecule has 2 unspecified atom stereocenters. The molecule has 0 aromatic heterocycles. The summed E-state index contributed by atoms with van der Waals surface area (Å²) in [6, 6.07) is 6.44. The van der Waals surface area contributed by atoms with Crippen LogP contribution in [-0.2, 0) is 9.53 Å². The van der Waals surface area contributed by atoms with E-state index in [1.807, 2.05) is 11.8 Å². The molecule has 2 rings (SSSR count). The molecule has 0 bridgehead atoms. The van der Waals surface area contributed by atoms with Crippen LogP contribution in [0, 0.1) is 13.8 Å². The number of hydrogen-bond acceptors (Lipinski definition) is 3. The van der Waals surface area contributed by atoms with Crippen LogP contribution in [0.1, 0.15) is 36.6 Å². The highest BCUT2D eigenvalue weighted by atomic mass is 16.5. The summed E-state index contributed by atoms with van der Waals surface area (Å²) in [7, 11) is 0. The number of morpholine rings is 1. The number of rotatable bonds is 4. The van der Waals surface area contributed by atoms with Crippen LogP contribution >= 0.6 is 0 Å². The Hall–Kier alpha value is -1.39. The van der Waals surface area contributed by atoms with Gasteiger partial charge in [-0.15, -0.1) is 0 Å². The first-order valence-corrected chi connectivity index (χ1v) is 7.68. The van der Waals surface area contributed by atoms with Crippen molar-refractivity contribution >= 4 is 5.91 Å². The van der Waals surface area contributed by atoms with Gasteiger partial charge in [-0.1, -0.05) is 18.2 Å². The molecule has 21 heavy (non-hydrogen) atoms. The quantitative estimate of drug-likeness (QED) is 0.924. The molecule has 0 spiro atoms. The number of benzene rings is 1. The van der Waals surface area contributed by atoms with E-state index in [9.17, 15) is 4.79 Å². The number of hydrogen-bond donors (Lipinski definition) is 1. The molecule has 0 radical (unpaired) electrons. The van der Waals surface area contributed by atoms with Crippen LogP contribution in [0.25, 0.3) is 0 Å². The van der Waals surface area contributed by atoms with Crippen LogP contribution in [0.4, 0.5) is 0 Å². The molecule has 1 aromatic rings. The van der Waals surface area contributed by atoms with E-state index in [0.29, 0.717) is 26.3 Å². The monoisotopic (exact) mass is 290 g/mol. The van der Waals surface area contributed by atoms with Crippen molar-refractivity contribution in [1.29, 1.82) is 0 Å². The molecule has 0 aliphatic carbocycles. The SMILES string of the molecule is Cc1ccc(C(C)NC(C)C(=O)N2CCOCC2)cc1C. The third kappa shape index (κ3) is 4.05. The van der Waals surface area contributed by atoms with E-state index in [2.05, 4.69) is 44.3 Å². The smallest absolute Gasteiger partial charge is 0.239 e. The fourth-order valence-electron chi connectivity index (χ4n) is 2.63. The van der Waals surface area contributed by atoms with Gasteiger partial charge < -0.3 is 9.64 Å². The summed E-state index contributed by atoms with van der Waals surface area (Å²) < 4.78 is 5.29. The summed E-state index contributed by atoms with van der Waals surface area (Å²) in [5.41, 5.74) is 3.80. The predicted molar refractivity (Wildman–Crippen MR) is 84.3 cm³/mol. The summed E-state index contributed by atoms with van der Waals surface area (Å²) in [4.78, 5) is 14.3. The maximum Gasteiger partial charge on any atom is 0.239 e. The number of aryl methyl sites for hydroxylation is 2. The normalized spacial score (nSPS) is 18.4. The highest BCUT2D eigenvalue weighted by molar-refractivity contribution is 5.81. The van der Waals surface area contributed by atoms with E-state index >= 15 is 0 Å². The Morgan fingerprint density at radius 2 is 1.86 bits per heavy atom. The van der Waals surface area contributed by atoms with E-state index in [1.165, 1.54) is 16.7 Å². The number of carbonyl (C=O) groups excluding carboxylic acids is 1. The fourth-order valence-corrected chi connectivity index (χ4v) is 2.63. The number of ether oxygens (including phenoxy) is 1. The van der Waals surface area contributed by atoms with Crippen LogP contribution in [0.3, 0.4) is 0 Å². The summed E-state index contributed by atoms with van der Waals surface area (Å²) in [5.74, 6) is 0.161. The van der Waals surface area contributed by atoms with Gasteiger partial charge in [-0.25, -0.2) is 0 Å². The molecule has 4 heteroatoms. The Kier molecular flexibility index (Phi) is 5.37. The van der Waals surface area contributed by atoms with Gasteiger partial charge in [0.05, 0.1) is 19.3 Å². The zero-order valence-electron chi connectivity index (χ0n) is 13.5. The van der Waals surface area contributed by atoms with Crippen LogP contribution in [0.5, 0.6) is 0 Å². The first kappa shape index (κ1) is 16.0. The Balaban J connectivity index is 1.95. The first-order chi connectivity index (χ1) is 9.99. The molecule has 1 aromatic carbocycles. The second-order valence-corrected chi connectivity index (χ2v) is 5.89. The standard InChI is InChI=1S/C17H26N2O2/c1-12-5-6-16(11-13(12)2)14(3)18-15(4)17(20)19-7-9-21-10-8-19/h5-6,11,14-15,18H,7-10H2,1-4H3. The lowest BCUT2D eigenvalue weighted by Gasteiger charge is -2.30. The van der Waals surface area contributed by atoms with Gasteiger partial charge in [-0.2, -0.15) is 0 Å². The summed E-state index contributed by atoms with van der Waals surface area (Å²) >= 11 is 0. The zero-order valence-corrected chi connectivity index (χ0v) is 13.5. The van der Waals surface area contributed by atoms with Crippen LogP contribution in [0.15, 0.2) is 18.2 Å². The van der Waals surface area contributed by atoms with Gasteiger partial charge in [0.15, 0.2) is 0 Å². The molecule has 1 aliphatic heterocycles. The van der Waals surface area contributed by atoms with Gasteiger partial charge in [0, 0.05) is 19.1 Å². The van der Waals surface area contributed by atoms with Gasteiger partial charge in [-0.05, 0) is 44.4 Å². The van der Waals surface area contributed by atoms with Crippen molar-refractivity contribution in [2.75, 3.05) is 26.3 Å². The van der Waals surface area contributed by atoms with Crippen molar-refractivity contribution in [1.82, 2.24) is 10.2 Å². The van der Waals surface area contributed by atoms with Crippen LogP contribution in [0.2, 0.25) is 0 Å². The minimum Gasteiger partial charge on any atom is -0.378 e. The van der Waals surface area contributed by atoms with Gasteiger partial charge in [0.25, 0.3) is 0 Å². The molecule has 2 atom stereocenters. The van der Waals surface area contributed by atoms with E-state index in [4.69, 9.17) is 4.74 Å². The number of nitrogens with one attached hydrogen (secondary N) is 1. The molecular weight excluding hydrogens is 264 g/mol. The lowest BCUT2D eigenvalue weighted by Crippen LogP contribution is -2.49. The van der Waals surface area contributed by atoms with Crippen molar-refractivity contribution in [3.05, 3.63) is 34.9 Å². The summed E-state index contributed by atoms with van der Waals surface area (Å²) in [6.45, 7) is 11.0. The first-order valence-electron chi connectivity index (χ1n) is 7.68. The molecule has 116 valence electrons. The minimum atomic E-state index is -0.181. The van der Waals surface area contributed by atoms with Crippen molar-refractivity contribution in [3.8, 4) is 0 Å². The van der Waals surface area contributed by atoms with Gasteiger partial charge >= 0.3 is 0 Å². The van der Waals surface area contributed by atoms with Crippen LogP contribution < -0.4 is 5.32 Å². The van der Waals surface area contributed by atoms with Crippen molar-refractivity contribution in [2.45, 2.75) is 39.8 Å². The number of nitrogens with zero attached hydrogens (tertiary/aromatic N) is 1. The van der Waals surface area contributed by atoms with E-state index < -0.39 is 0 Å². The van der Waals surface area contributed by atoms with Gasteiger partial charge in [0.2, 0.25) is 5.91 Å². The predicted octanol–water partition coefficient (Wildman–Crippen LogP) is 2.20. The van der Waals surface area contributed by atoms with E-state index in [-0.39, 0.29) is 18.0 Å². The maximum atomic E-state index is 12.4. The van der Waals surface area contributed by atoms with Crippen molar-refractivity contribution in [2.24, 2.45) is 0 Å². The Morgan fingerprint density at radius 3 is 2.48 bits per heavy atom. The van der Waals surface area contributed by atoms with E-state index in [0.717, 1.165) is 0 Å².